The zero-order valence-corrected chi connectivity index (χ0v) is 14.0. The molecule has 1 aliphatic carbocycles. The molecule has 1 heterocycles. The van der Waals surface area contributed by atoms with Crippen LogP contribution in [0.1, 0.15) is 45.0 Å². The first-order valence-electron chi connectivity index (χ1n) is 7.41. The number of carbonyl (C=O) groups excluding carboxylic acids is 1. The monoisotopic (exact) mass is 311 g/mol. The van der Waals surface area contributed by atoms with Gasteiger partial charge in [-0.1, -0.05) is 20.8 Å². The molecular formula is C15H25N3O2S. The van der Waals surface area contributed by atoms with Crippen molar-refractivity contribution in [3.05, 3.63) is 16.6 Å². The minimum Gasteiger partial charge on any atom is -0.378 e. The molecule has 3 N–H and O–H groups in total. The van der Waals surface area contributed by atoms with Crippen molar-refractivity contribution >= 4 is 17.2 Å². The van der Waals surface area contributed by atoms with Crippen LogP contribution >= 0.6 is 11.3 Å². The van der Waals surface area contributed by atoms with E-state index in [4.69, 9.17) is 10.5 Å². The van der Waals surface area contributed by atoms with E-state index in [0.717, 1.165) is 5.01 Å². The zero-order valence-electron chi connectivity index (χ0n) is 13.2. The minimum absolute atomic E-state index is 0.0506. The molecule has 5 nitrogen and oxygen atoms in total. The van der Waals surface area contributed by atoms with Crippen molar-refractivity contribution in [3.8, 4) is 0 Å². The number of ether oxygens (including phenoxy) is 1. The molecule has 0 bridgehead atoms. The van der Waals surface area contributed by atoms with E-state index in [0.29, 0.717) is 19.6 Å². The van der Waals surface area contributed by atoms with E-state index in [-0.39, 0.29) is 23.3 Å². The van der Waals surface area contributed by atoms with Crippen molar-refractivity contribution in [2.45, 2.75) is 51.7 Å². The molecule has 2 rings (SSSR count). The van der Waals surface area contributed by atoms with Crippen LogP contribution in [0.25, 0.3) is 0 Å². The molecular weight excluding hydrogens is 286 g/mol. The first-order valence-corrected chi connectivity index (χ1v) is 8.29. The maximum Gasteiger partial charge on any atom is 0.240 e. The number of nitrogens with two attached hydrogens (primary N) is 1. The fourth-order valence-electron chi connectivity index (χ4n) is 2.79. The van der Waals surface area contributed by atoms with Gasteiger partial charge in [0.15, 0.2) is 0 Å². The summed E-state index contributed by atoms with van der Waals surface area (Å²) in [6, 6.07) is 0. The fourth-order valence-corrected chi connectivity index (χ4v) is 3.49. The van der Waals surface area contributed by atoms with Gasteiger partial charge >= 0.3 is 0 Å². The van der Waals surface area contributed by atoms with E-state index in [1.807, 2.05) is 26.2 Å². The second kappa shape index (κ2) is 6.02. The third-order valence-corrected chi connectivity index (χ3v) is 5.68. The first kappa shape index (κ1) is 16.4. The van der Waals surface area contributed by atoms with Crippen molar-refractivity contribution in [2.24, 2.45) is 11.1 Å². The van der Waals surface area contributed by atoms with Crippen LogP contribution in [0.15, 0.2) is 11.6 Å². The maximum absolute atomic E-state index is 12.5. The quantitative estimate of drug-likeness (QED) is 0.841. The molecule has 0 aromatic carbocycles. The number of hydrogen-bond acceptors (Lipinski definition) is 5. The lowest BCUT2D eigenvalue weighted by molar-refractivity contribution is -0.170. The van der Waals surface area contributed by atoms with Crippen LogP contribution in [0.2, 0.25) is 0 Å². The summed E-state index contributed by atoms with van der Waals surface area (Å²) >= 11 is 1.60. The molecule has 1 aromatic heterocycles. The van der Waals surface area contributed by atoms with Gasteiger partial charge in [0.25, 0.3) is 0 Å². The molecule has 1 aliphatic rings. The van der Waals surface area contributed by atoms with Gasteiger partial charge in [-0.25, -0.2) is 4.98 Å². The predicted molar refractivity (Wildman–Crippen MR) is 84.3 cm³/mol. The number of carbonyl (C=O) groups is 1. The normalized spacial score (nSPS) is 28.7. The summed E-state index contributed by atoms with van der Waals surface area (Å²) in [4.78, 5) is 16.7. The highest BCUT2D eigenvalue weighted by atomic mass is 32.1. The minimum atomic E-state index is -0.852. The molecule has 3 unspecified atom stereocenters. The topological polar surface area (TPSA) is 77.2 Å². The standard InChI is InChI=1S/C15H25N3O2S/c1-5-20-11-8-15(16,14(11,3)4)13(19)18-9-10(2)12-17-6-7-21-12/h6-7,10-11H,5,8-9,16H2,1-4H3,(H,18,19). The predicted octanol–water partition coefficient (Wildman–Crippen LogP) is 1.90. The third-order valence-electron chi connectivity index (χ3n) is 4.68. The van der Waals surface area contributed by atoms with Gasteiger partial charge < -0.3 is 15.8 Å². The van der Waals surface area contributed by atoms with Gasteiger partial charge in [0, 0.05) is 42.5 Å². The highest BCUT2D eigenvalue weighted by Gasteiger charge is 2.62. The Morgan fingerprint density at radius 2 is 2.38 bits per heavy atom. The maximum atomic E-state index is 12.5. The molecule has 21 heavy (non-hydrogen) atoms. The first-order chi connectivity index (χ1) is 9.83. The van der Waals surface area contributed by atoms with Crippen LogP contribution in [-0.4, -0.2) is 35.7 Å². The van der Waals surface area contributed by atoms with Crippen LogP contribution < -0.4 is 11.1 Å². The van der Waals surface area contributed by atoms with Crippen molar-refractivity contribution in [1.29, 1.82) is 0 Å². The zero-order chi connectivity index (χ0) is 15.7. The highest BCUT2D eigenvalue weighted by Crippen LogP contribution is 2.49. The second-order valence-electron chi connectivity index (χ2n) is 6.32. The van der Waals surface area contributed by atoms with Crippen LogP contribution in [0.4, 0.5) is 0 Å². The van der Waals surface area contributed by atoms with Crippen molar-refractivity contribution < 1.29 is 9.53 Å². The largest absolute Gasteiger partial charge is 0.378 e. The summed E-state index contributed by atoms with van der Waals surface area (Å²) in [5.74, 6) is 0.107. The summed E-state index contributed by atoms with van der Waals surface area (Å²) < 4.78 is 5.65. The molecule has 118 valence electrons. The van der Waals surface area contributed by atoms with E-state index in [2.05, 4.69) is 17.2 Å². The summed E-state index contributed by atoms with van der Waals surface area (Å²) in [6.07, 6.45) is 2.41. The van der Waals surface area contributed by atoms with E-state index in [1.165, 1.54) is 0 Å². The molecule has 1 aromatic rings. The molecule has 1 saturated carbocycles. The number of rotatable bonds is 6. The third kappa shape index (κ3) is 2.84. The van der Waals surface area contributed by atoms with Gasteiger partial charge in [-0.3, -0.25) is 4.79 Å². The van der Waals surface area contributed by atoms with Crippen molar-refractivity contribution in [2.75, 3.05) is 13.2 Å². The van der Waals surface area contributed by atoms with Crippen molar-refractivity contribution in [3.63, 3.8) is 0 Å². The summed E-state index contributed by atoms with van der Waals surface area (Å²) in [7, 11) is 0. The van der Waals surface area contributed by atoms with Gasteiger partial charge in [-0.15, -0.1) is 11.3 Å². The Balaban J connectivity index is 1.92. The smallest absolute Gasteiger partial charge is 0.240 e. The number of amides is 1. The van der Waals surface area contributed by atoms with Gasteiger partial charge in [0.2, 0.25) is 5.91 Å². The Morgan fingerprint density at radius 3 is 2.90 bits per heavy atom. The molecule has 0 spiro atoms. The highest BCUT2D eigenvalue weighted by molar-refractivity contribution is 7.09. The van der Waals surface area contributed by atoms with E-state index in [9.17, 15) is 4.79 Å². The molecule has 1 amide bonds. The van der Waals surface area contributed by atoms with E-state index in [1.54, 1.807) is 17.5 Å². The van der Waals surface area contributed by atoms with Crippen LogP contribution in [0.3, 0.4) is 0 Å². The lowest BCUT2D eigenvalue weighted by Crippen LogP contribution is -2.75. The van der Waals surface area contributed by atoms with Gasteiger partial charge in [-0.2, -0.15) is 0 Å². The Labute approximate surface area is 130 Å². The SMILES string of the molecule is CCOC1CC(N)(C(=O)NCC(C)c2nccs2)C1(C)C. The van der Waals surface area contributed by atoms with E-state index < -0.39 is 5.54 Å². The number of nitrogens with zero attached hydrogens (tertiary/aromatic N) is 1. The molecule has 3 atom stereocenters. The van der Waals surface area contributed by atoms with E-state index >= 15 is 0 Å². The van der Waals surface area contributed by atoms with Crippen molar-refractivity contribution in [1.82, 2.24) is 10.3 Å². The van der Waals surface area contributed by atoms with Crippen LogP contribution in [-0.2, 0) is 9.53 Å². The van der Waals surface area contributed by atoms with Crippen LogP contribution in [0.5, 0.6) is 0 Å². The summed E-state index contributed by atoms with van der Waals surface area (Å²) in [6.45, 7) is 9.22. The molecule has 1 fully saturated rings. The lowest BCUT2D eigenvalue weighted by atomic mass is 9.54. The Morgan fingerprint density at radius 1 is 1.67 bits per heavy atom. The van der Waals surface area contributed by atoms with Gasteiger partial charge in [-0.05, 0) is 6.92 Å². The molecule has 0 radical (unpaired) electrons. The Bertz CT molecular complexity index is 489. The summed E-state index contributed by atoms with van der Waals surface area (Å²) in [5.41, 5.74) is 5.14. The second-order valence-corrected chi connectivity index (χ2v) is 7.25. The van der Waals surface area contributed by atoms with Gasteiger partial charge in [0.1, 0.15) is 5.54 Å². The fraction of sp³-hybridized carbons (Fsp3) is 0.733. The van der Waals surface area contributed by atoms with Gasteiger partial charge in [0.05, 0.1) is 11.1 Å². The molecule has 0 saturated heterocycles. The molecule has 0 aliphatic heterocycles. The molecule has 6 heteroatoms. The Hall–Kier alpha value is -0.980. The average molecular weight is 311 g/mol. The number of nitrogens with one attached hydrogen (secondary N) is 1. The lowest BCUT2D eigenvalue weighted by Gasteiger charge is -2.57. The number of thiazole rings is 1. The van der Waals surface area contributed by atoms with Crippen LogP contribution in [0, 0.1) is 5.41 Å². The summed E-state index contributed by atoms with van der Waals surface area (Å²) in [5, 5.41) is 5.95. The number of hydrogen-bond donors (Lipinski definition) is 2. The number of aromatic nitrogens is 1. The average Bonchev–Trinajstić information content (AvgIpc) is 2.98. The Kier molecular flexibility index (Phi) is 4.70.